The molecule has 0 atom stereocenters. The molecule has 0 spiro atoms. The molecule has 2 aromatic rings. The molecule has 0 bridgehead atoms. The van der Waals surface area contributed by atoms with E-state index in [0.717, 1.165) is 0 Å². The lowest BCUT2D eigenvalue weighted by Crippen LogP contribution is -2.05. The van der Waals surface area contributed by atoms with E-state index in [9.17, 15) is 9.90 Å². The second kappa shape index (κ2) is 2.92. The van der Waals surface area contributed by atoms with Gasteiger partial charge in [-0.1, -0.05) is 11.6 Å². The highest BCUT2D eigenvalue weighted by Gasteiger charge is 2.05. The number of nitrogens with two attached hydrogens (primary N) is 1. The van der Waals surface area contributed by atoms with Crippen LogP contribution in [0.4, 0.5) is 5.69 Å². The molecule has 3 N–H and O–H groups in total. The molecule has 72 valence electrons. The predicted molar refractivity (Wildman–Crippen MR) is 53.6 cm³/mol. The number of nitrogen functional groups attached to an aromatic ring is 1. The third kappa shape index (κ3) is 1.29. The van der Waals surface area contributed by atoms with Crippen LogP contribution < -0.4 is 11.4 Å². The maximum Gasteiger partial charge on any atom is 0.359 e. The summed E-state index contributed by atoms with van der Waals surface area (Å²) in [7, 11) is 0. The zero-order chi connectivity index (χ0) is 10.3. The Morgan fingerprint density at radius 1 is 1.36 bits per heavy atom. The van der Waals surface area contributed by atoms with E-state index < -0.39 is 5.63 Å². The number of halogens is 1. The maximum atomic E-state index is 11.0. The van der Waals surface area contributed by atoms with Crippen molar-refractivity contribution in [1.29, 1.82) is 0 Å². The number of aromatic hydroxyl groups is 1. The summed E-state index contributed by atoms with van der Waals surface area (Å²) in [6.45, 7) is 0. The summed E-state index contributed by atoms with van der Waals surface area (Å²) in [4.78, 5) is 11.0. The van der Waals surface area contributed by atoms with Crippen molar-refractivity contribution in [2.75, 3.05) is 5.73 Å². The largest absolute Gasteiger partial charge is 0.506 e. The van der Waals surface area contributed by atoms with E-state index in [1.807, 2.05) is 0 Å². The number of phenolic OH excluding ortho intramolecular Hbond substituents is 1. The number of benzene rings is 1. The molecule has 0 unspecified atom stereocenters. The van der Waals surface area contributed by atoms with Gasteiger partial charge in [-0.2, -0.15) is 0 Å². The van der Waals surface area contributed by atoms with Gasteiger partial charge in [0.2, 0.25) is 0 Å². The molecule has 0 aliphatic heterocycles. The Morgan fingerprint density at radius 2 is 2.07 bits per heavy atom. The van der Waals surface area contributed by atoms with E-state index in [1.165, 1.54) is 18.2 Å². The van der Waals surface area contributed by atoms with Crippen molar-refractivity contribution < 1.29 is 9.52 Å². The average Bonchev–Trinajstić information content (AvgIpc) is 2.11. The van der Waals surface area contributed by atoms with Crippen molar-refractivity contribution in [1.82, 2.24) is 0 Å². The Bertz CT molecular complexity index is 562. The second-order valence-electron chi connectivity index (χ2n) is 2.83. The number of hydrogen-bond donors (Lipinski definition) is 2. The summed E-state index contributed by atoms with van der Waals surface area (Å²) in [6.07, 6.45) is 0. The standard InChI is InChI=1S/C9H6ClNO3/c10-5-1-4-2-6(11)9(13)14-8(4)3-7(5)12/h1-3,12H,11H2. The molecular weight excluding hydrogens is 206 g/mol. The van der Waals surface area contributed by atoms with Crippen LogP contribution in [0, 0.1) is 0 Å². The Labute approximate surface area is 83.5 Å². The Morgan fingerprint density at radius 3 is 2.79 bits per heavy atom. The molecule has 2 rings (SSSR count). The lowest BCUT2D eigenvalue weighted by molar-refractivity contribution is 0.473. The van der Waals surface area contributed by atoms with Crippen LogP contribution in [0.2, 0.25) is 5.02 Å². The number of phenols is 1. The van der Waals surface area contributed by atoms with Gasteiger partial charge in [-0.15, -0.1) is 0 Å². The third-order valence-electron chi connectivity index (χ3n) is 1.83. The van der Waals surface area contributed by atoms with Crippen molar-refractivity contribution in [2.45, 2.75) is 0 Å². The average molecular weight is 212 g/mol. The van der Waals surface area contributed by atoms with Crippen LogP contribution in [0.25, 0.3) is 11.0 Å². The molecule has 14 heavy (non-hydrogen) atoms. The third-order valence-corrected chi connectivity index (χ3v) is 2.13. The highest BCUT2D eigenvalue weighted by Crippen LogP contribution is 2.28. The topological polar surface area (TPSA) is 76.5 Å². The minimum absolute atomic E-state index is 0.0132. The van der Waals surface area contributed by atoms with Gasteiger partial charge in [-0.05, 0) is 12.1 Å². The first-order valence-electron chi connectivity index (χ1n) is 3.80. The van der Waals surface area contributed by atoms with Crippen molar-refractivity contribution >= 4 is 28.3 Å². The molecule has 4 nitrogen and oxygen atoms in total. The number of hydrogen-bond acceptors (Lipinski definition) is 4. The van der Waals surface area contributed by atoms with Gasteiger partial charge in [-0.3, -0.25) is 0 Å². The van der Waals surface area contributed by atoms with Gasteiger partial charge in [0.25, 0.3) is 0 Å². The van der Waals surface area contributed by atoms with Gasteiger partial charge in [0.15, 0.2) is 0 Å². The minimum atomic E-state index is -0.626. The van der Waals surface area contributed by atoms with Crippen molar-refractivity contribution in [2.24, 2.45) is 0 Å². The smallest absolute Gasteiger partial charge is 0.359 e. The highest BCUT2D eigenvalue weighted by atomic mass is 35.5. The first-order valence-corrected chi connectivity index (χ1v) is 4.17. The van der Waals surface area contributed by atoms with Crippen molar-refractivity contribution in [3.63, 3.8) is 0 Å². The Hall–Kier alpha value is -1.68. The summed E-state index contributed by atoms with van der Waals surface area (Å²) in [6, 6.07) is 4.20. The summed E-state index contributed by atoms with van der Waals surface area (Å²) in [5.74, 6) is -0.132. The van der Waals surface area contributed by atoms with Crippen molar-refractivity contribution in [3.8, 4) is 5.75 Å². The molecule has 0 radical (unpaired) electrons. The summed E-state index contributed by atoms with van der Waals surface area (Å²) in [5, 5.41) is 10.0. The van der Waals surface area contributed by atoms with E-state index in [4.69, 9.17) is 21.8 Å². The summed E-state index contributed by atoms with van der Waals surface area (Å²) >= 11 is 5.67. The summed E-state index contributed by atoms with van der Waals surface area (Å²) < 4.78 is 4.83. The molecule has 0 aliphatic rings. The fourth-order valence-electron chi connectivity index (χ4n) is 1.14. The van der Waals surface area contributed by atoms with E-state index in [-0.39, 0.29) is 22.0 Å². The quantitative estimate of drug-likeness (QED) is 0.651. The van der Waals surface area contributed by atoms with Gasteiger partial charge in [-0.25, -0.2) is 4.79 Å². The van der Waals surface area contributed by atoms with Gasteiger partial charge in [0.05, 0.1) is 5.02 Å². The van der Waals surface area contributed by atoms with Crippen molar-refractivity contribution in [3.05, 3.63) is 33.6 Å². The molecule has 1 aromatic heterocycles. The second-order valence-corrected chi connectivity index (χ2v) is 3.24. The first-order chi connectivity index (χ1) is 6.58. The van der Waals surface area contributed by atoms with Gasteiger partial charge < -0.3 is 15.3 Å². The van der Waals surface area contributed by atoms with Gasteiger partial charge in [0, 0.05) is 11.5 Å². The molecule has 0 aliphatic carbocycles. The van der Waals surface area contributed by atoms with E-state index in [2.05, 4.69) is 0 Å². The van der Waals surface area contributed by atoms with Crippen LogP contribution in [0.3, 0.4) is 0 Å². The molecule has 0 fully saturated rings. The Balaban J connectivity index is 2.90. The van der Waals surface area contributed by atoms with Crippen LogP contribution in [0.1, 0.15) is 0 Å². The molecule has 1 aromatic carbocycles. The lowest BCUT2D eigenvalue weighted by atomic mass is 10.2. The molecule has 0 saturated heterocycles. The van der Waals surface area contributed by atoms with Crippen LogP contribution in [0.15, 0.2) is 27.4 Å². The van der Waals surface area contributed by atoms with E-state index in [1.54, 1.807) is 0 Å². The van der Waals surface area contributed by atoms with Crippen LogP contribution >= 0.6 is 11.6 Å². The Kier molecular flexibility index (Phi) is 1.86. The van der Waals surface area contributed by atoms with E-state index in [0.29, 0.717) is 5.39 Å². The number of fused-ring (bicyclic) bond motifs is 1. The summed E-state index contributed by atoms with van der Waals surface area (Å²) in [5.41, 5.74) is 5.01. The fourth-order valence-corrected chi connectivity index (χ4v) is 1.32. The predicted octanol–water partition coefficient (Wildman–Crippen LogP) is 1.73. The zero-order valence-electron chi connectivity index (χ0n) is 6.95. The lowest BCUT2D eigenvalue weighted by Gasteiger charge is -2.00. The molecular formula is C9H6ClNO3. The van der Waals surface area contributed by atoms with Gasteiger partial charge in [0.1, 0.15) is 17.0 Å². The monoisotopic (exact) mass is 211 g/mol. The first kappa shape index (κ1) is 8.90. The van der Waals surface area contributed by atoms with Crippen LogP contribution in [-0.2, 0) is 0 Å². The fraction of sp³-hybridized carbons (Fsp3) is 0. The van der Waals surface area contributed by atoms with Crippen LogP contribution in [-0.4, -0.2) is 5.11 Å². The molecule has 1 heterocycles. The number of anilines is 1. The van der Waals surface area contributed by atoms with Gasteiger partial charge >= 0.3 is 5.63 Å². The minimum Gasteiger partial charge on any atom is -0.506 e. The molecule has 5 heteroatoms. The van der Waals surface area contributed by atoms with Crippen LogP contribution in [0.5, 0.6) is 5.75 Å². The highest BCUT2D eigenvalue weighted by molar-refractivity contribution is 6.32. The zero-order valence-corrected chi connectivity index (χ0v) is 7.71. The number of rotatable bonds is 0. The van der Waals surface area contributed by atoms with E-state index >= 15 is 0 Å². The molecule has 0 saturated carbocycles. The maximum absolute atomic E-state index is 11.0. The molecule has 0 amide bonds. The SMILES string of the molecule is Nc1cc2cc(Cl)c(O)cc2oc1=O. The normalized spacial score (nSPS) is 10.6.